The van der Waals surface area contributed by atoms with Gasteiger partial charge in [-0.3, -0.25) is 8.75 Å². The summed E-state index contributed by atoms with van der Waals surface area (Å²) in [6.45, 7) is 0.686. The fourth-order valence-corrected chi connectivity index (χ4v) is 4.01. The molecule has 1 saturated carbocycles. The van der Waals surface area contributed by atoms with Crippen LogP contribution in [0.3, 0.4) is 0 Å². The summed E-state index contributed by atoms with van der Waals surface area (Å²) in [5.41, 5.74) is 5.96. The molecule has 3 nitrogen and oxygen atoms in total. The highest BCUT2D eigenvalue weighted by molar-refractivity contribution is 7.13. The zero-order valence-corrected chi connectivity index (χ0v) is 10.5. The zero-order chi connectivity index (χ0) is 11.8. The Morgan fingerprint density at radius 3 is 2.94 bits per heavy atom. The van der Waals surface area contributed by atoms with Crippen molar-refractivity contribution < 1.29 is 0 Å². The Bertz CT molecular complexity index is 586. The first kappa shape index (κ1) is 11.0. The first-order valence-corrected chi connectivity index (χ1v) is 6.89. The maximum absolute atomic E-state index is 12.3. The van der Waals surface area contributed by atoms with Gasteiger partial charge >= 0.3 is 0 Å². The fourth-order valence-electron chi connectivity index (χ4n) is 2.81. The first-order chi connectivity index (χ1) is 8.31. The molecule has 3 rings (SSSR count). The van der Waals surface area contributed by atoms with Crippen molar-refractivity contribution in [1.82, 2.24) is 3.96 Å². The Morgan fingerprint density at radius 2 is 2.18 bits per heavy atom. The van der Waals surface area contributed by atoms with Crippen molar-refractivity contribution in [3.63, 3.8) is 0 Å². The van der Waals surface area contributed by atoms with Gasteiger partial charge in [0, 0.05) is 0 Å². The average molecular weight is 248 g/mol. The Kier molecular flexibility index (Phi) is 2.76. The summed E-state index contributed by atoms with van der Waals surface area (Å²) in [6.07, 6.45) is 3.43. The minimum atomic E-state index is 0.163. The van der Waals surface area contributed by atoms with Gasteiger partial charge in [-0.1, -0.05) is 30.1 Å². The summed E-state index contributed by atoms with van der Waals surface area (Å²) < 4.78 is 3.04. The lowest BCUT2D eigenvalue weighted by molar-refractivity contribution is 0.403. The van der Waals surface area contributed by atoms with Crippen molar-refractivity contribution in [1.29, 1.82) is 0 Å². The summed E-state index contributed by atoms with van der Waals surface area (Å²) in [5, 5.41) is 0.847. The number of hydrogen-bond acceptors (Lipinski definition) is 3. The second-order valence-corrected chi connectivity index (χ2v) is 5.73. The molecule has 1 fully saturated rings. The van der Waals surface area contributed by atoms with Crippen molar-refractivity contribution in [2.45, 2.75) is 25.3 Å². The van der Waals surface area contributed by atoms with Gasteiger partial charge in [0.1, 0.15) is 0 Å². The second kappa shape index (κ2) is 4.27. The van der Waals surface area contributed by atoms with E-state index in [1.165, 1.54) is 6.42 Å². The SMILES string of the molecule is NCC1CCCC1n1sc2ccccc2c1=O. The average Bonchev–Trinajstić information content (AvgIpc) is 2.94. The predicted molar refractivity (Wildman–Crippen MR) is 71.5 cm³/mol. The molecule has 0 amide bonds. The van der Waals surface area contributed by atoms with Crippen LogP contribution < -0.4 is 11.3 Å². The van der Waals surface area contributed by atoms with E-state index in [-0.39, 0.29) is 5.56 Å². The number of nitrogens with two attached hydrogens (primary N) is 1. The van der Waals surface area contributed by atoms with E-state index in [2.05, 4.69) is 0 Å². The lowest BCUT2D eigenvalue weighted by Gasteiger charge is -2.17. The van der Waals surface area contributed by atoms with Crippen LogP contribution in [0.15, 0.2) is 29.1 Å². The van der Waals surface area contributed by atoms with Gasteiger partial charge in [0.05, 0.1) is 16.1 Å². The normalized spacial score (nSPS) is 24.5. The van der Waals surface area contributed by atoms with Crippen LogP contribution in [0.4, 0.5) is 0 Å². The molecule has 0 bridgehead atoms. The number of fused-ring (bicyclic) bond motifs is 1. The van der Waals surface area contributed by atoms with E-state index in [0.29, 0.717) is 18.5 Å². The van der Waals surface area contributed by atoms with Crippen LogP contribution in [0.5, 0.6) is 0 Å². The molecule has 2 aromatic rings. The molecular formula is C13H16N2OS. The number of aromatic nitrogens is 1. The molecule has 0 radical (unpaired) electrons. The lowest BCUT2D eigenvalue weighted by atomic mass is 10.0. The highest BCUT2D eigenvalue weighted by atomic mass is 32.1. The third kappa shape index (κ3) is 1.72. The van der Waals surface area contributed by atoms with Crippen molar-refractivity contribution in [2.24, 2.45) is 11.7 Å². The molecule has 0 saturated heterocycles. The Hall–Kier alpha value is -1.13. The molecule has 1 heterocycles. The van der Waals surface area contributed by atoms with Gasteiger partial charge in [0.2, 0.25) is 0 Å². The molecule has 1 aliphatic carbocycles. The summed E-state index contributed by atoms with van der Waals surface area (Å²) >= 11 is 1.59. The highest BCUT2D eigenvalue weighted by Gasteiger charge is 2.29. The fraction of sp³-hybridized carbons (Fsp3) is 0.462. The minimum Gasteiger partial charge on any atom is -0.330 e. The summed E-state index contributed by atoms with van der Waals surface area (Å²) in [5.74, 6) is 0.473. The summed E-state index contributed by atoms with van der Waals surface area (Å²) in [7, 11) is 0. The van der Waals surface area contributed by atoms with Crippen molar-refractivity contribution in [3.05, 3.63) is 34.6 Å². The van der Waals surface area contributed by atoms with Crippen LogP contribution in [0.1, 0.15) is 25.3 Å². The number of rotatable bonds is 2. The van der Waals surface area contributed by atoms with E-state index < -0.39 is 0 Å². The van der Waals surface area contributed by atoms with Crippen LogP contribution in [0.2, 0.25) is 0 Å². The van der Waals surface area contributed by atoms with Crippen molar-refractivity contribution in [3.8, 4) is 0 Å². The van der Waals surface area contributed by atoms with E-state index >= 15 is 0 Å². The summed E-state index contributed by atoms with van der Waals surface area (Å²) in [6, 6.07) is 8.17. The largest absolute Gasteiger partial charge is 0.330 e. The number of benzene rings is 1. The smallest absolute Gasteiger partial charge is 0.268 e. The molecule has 2 atom stereocenters. The van der Waals surface area contributed by atoms with Gasteiger partial charge in [-0.2, -0.15) is 0 Å². The molecule has 1 aromatic carbocycles. The predicted octanol–water partition coefficient (Wildman–Crippen LogP) is 2.36. The van der Waals surface area contributed by atoms with Gasteiger partial charge in [-0.25, -0.2) is 0 Å². The summed E-state index contributed by atoms with van der Waals surface area (Å²) in [4.78, 5) is 12.3. The molecule has 1 aliphatic rings. The van der Waals surface area contributed by atoms with E-state index in [1.54, 1.807) is 11.5 Å². The lowest BCUT2D eigenvalue weighted by Crippen LogP contribution is -2.26. The third-order valence-electron chi connectivity index (χ3n) is 3.74. The van der Waals surface area contributed by atoms with E-state index in [0.717, 1.165) is 22.9 Å². The minimum absolute atomic E-state index is 0.163. The topological polar surface area (TPSA) is 48.0 Å². The molecule has 0 aliphatic heterocycles. The number of hydrogen-bond donors (Lipinski definition) is 1. The van der Waals surface area contributed by atoms with Gasteiger partial charge in [-0.15, -0.1) is 0 Å². The van der Waals surface area contributed by atoms with Crippen LogP contribution in [-0.2, 0) is 0 Å². The van der Waals surface area contributed by atoms with Gasteiger partial charge in [-0.05, 0) is 37.4 Å². The Labute approximate surface area is 104 Å². The molecule has 90 valence electrons. The molecule has 2 unspecified atom stereocenters. The molecule has 17 heavy (non-hydrogen) atoms. The van der Waals surface area contributed by atoms with Crippen molar-refractivity contribution >= 4 is 21.6 Å². The van der Waals surface area contributed by atoms with Gasteiger partial charge in [0.25, 0.3) is 5.56 Å². The highest BCUT2D eigenvalue weighted by Crippen LogP contribution is 2.36. The molecule has 0 spiro atoms. The molecule has 2 N–H and O–H groups in total. The van der Waals surface area contributed by atoms with Crippen LogP contribution >= 0.6 is 11.5 Å². The Balaban J connectivity index is 2.11. The number of nitrogens with zero attached hydrogens (tertiary/aromatic N) is 1. The quantitative estimate of drug-likeness (QED) is 0.887. The molecule has 1 aromatic heterocycles. The maximum atomic E-state index is 12.3. The monoisotopic (exact) mass is 248 g/mol. The van der Waals surface area contributed by atoms with Gasteiger partial charge in [0.15, 0.2) is 0 Å². The van der Waals surface area contributed by atoms with Crippen LogP contribution in [-0.4, -0.2) is 10.5 Å². The van der Waals surface area contributed by atoms with E-state index in [9.17, 15) is 4.79 Å². The standard InChI is InChI=1S/C13H16N2OS/c14-8-9-4-3-6-11(9)15-13(16)10-5-1-2-7-12(10)17-15/h1-2,5,7,9,11H,3-4,6,8,14H2. The third-order valence-corrected chi connectivity index (χ3v) is 4.92. The van der Waals surface area contributed by atoms with E-state index in [1.807, 2.05) is 28.2 Å². The Morgan fingerprint density at radius 1 is 1.35 bits per heavy atom. The van der Waals surface area contributed by atoms with Gasteiger partial charge < -0.3 is 5.73 Å². The van der Waals surface area contributed by atoms with Crippen LogP contribution in [0.25, 0.3) is 10.1 Å². The molecule has 4 heteroatoms. The van der Waals surface area contributed by atoms with E-state index in [4.69, 9.17) is 5.73 Å². The van der Waals surface area contributed by atoms with Crippen molar-refractivity contribution in [2.75, 3.05) is 6.54 Å². The first-order valence-electron chi connectivity index (χ1n) is 6.12. The van der Waals surface area contributed by atoms with Crippen LogP contribution in [0, 0.1) is 5.92 Å². The second-order valence-electron chi connectivity index (χ2n) is 4.71. The zero-order valence-electron chi connectivity index (χ0n) is 9.63. The molecular weight excluding hydrogens is 232 g/mol. The maximum Gasteiger partial charge on any atom is 0.268 e.